The molecule has 3 aromatic rings. The van der Waals surface area contributed by atoms with Crippen LogP contribution in [0.15, 0.2) is 54.9 Å². The molecule has 1 fully saturated rings. The van der Waals surface area contributed by atoms with Crippen LogP contribution in [0, 0.1) is 0 Å². The number of halogens is 1. The van der Waals surface area contributed by atoms with E-state index < -0.39 is 11.5 Å². The highest BCUT2D eigenvalue weighted by atomic mass is 35.5. The van der Waals surface area contributed by atoms with E-state index in [4.69, 9.17) is 17.3 Å². The van der Waals surface area contributed by atoms with Gasteiger partial charge in [0.2, 0.25) is 5.91 Å². The van der Waals surface area contributed by atoms with Gasteiger partial charge in [-0.1, -0.05) is 29.8 Å². The molecule has 27 heavy (non-hydrogen) atoms. The number of anilines is 1. The molecule has 2 heterocycles. The quantitative estimate of drug-likeness (QED) is 0.728. The number of pyridine rings is 1. The molecule has 0 atom stereocenters. The van der Waals surface area contributed by atoms with Crippen molar-refractivity contribution in [2.24, 2.45) is 5.73 Å². The SMILES string of the molecule is NC(=O)c1ccc2cncc(N3CCC(O)(c4ccc(Cl)cc4)CC3)c2c1. The van der Waals surface area contributed by atoms with Crippen LogP contribution < -0.4 is 10.6 Å². The van der Waals surface area contributed by atoms with Crippen LogP contribution >= 0.6 is 11.6 Å². The second kappa shape index (κ2) is 6.83. The Kier molecular flexibility index (Phi) is 4.50. The van der Waals surface area contributed by atoms with E-state index in [9.17, 15) is 9.90 Å². The molecule has 5 nitrogen and oxygen atoms in total. The summed E-state index contributed by atoms with van der Waals surface area (Å²) in [6, 6.07) is 12.8. The Bertz CT molecular complexity index is 996. The molecule has 0 saturated carbocycles. The van der Waals surface area contributed by atoms with E-state index >= 15 is 0 Å². The number of hydrogen-bond acceptors (Lipinski definition) is 4. The lowest BCUT2D eigenvalue weighted by Crippen LogP contribution is -2.42. The lowest BCUT2D eigenvalue weighted by atomic mass is 9.84. The average Bonchev–Trinajstić information content (AvgIpc) is 2.68. The number of rotatable bonds is 3. The molecule has 1 aliphatic rings. The first-order valence-electron chi connectivity index (χ1n) is 8.87. The fraction of sp³-hybridized carbons (Fsp3) is 0.238. The van der Waals surface area contributed by atoms with Crippen LogP contribution in [0.2, 0.25) is 5.02 Å². The van der Waals surface area contributed by atoms with Crippen molar-refractivity contribution in [1.82, 2.24) is 4.98 Å². The Balaban J connectivity index is 1.62. The van der Waals surface area contributed by atoms with E-state index in [-0.39, 0.29) is 0 Å². The summed E-state index contributed by atoms with van der Waals surface area (Å²) in [7, 11) is 0. The van der Waals surface area contributed by atoms with Crippen LogP contribution in [0.4, 0.5) is 5.69 Å². The fourth-order valence-corrected chi connectivity index (χ4v) is 3.85. The number of carbonyl (C=O) groups excluding carboxylic acids is 1. The van der Waals surface area contributed by atoms with Gasteiger partial charge >= 0.3 is 0 Å². The third kappa shape index (κ3) is 3.36. The van der Waals surface area contributed by atoms with Gasteiger partial charge in [-0.25, -0.2) is 0 Å². The molecule has 6 heteroatoms. The Morgan fingerprint density at radius 2 is 1.81 bits per heavy atom. The van der Waals surface area contributed by atoms with Gasteiger partial charge in [0.25, 0.3) is 0 Å². The van der Waals surface area contributed by atoms with E-state index in [1.807, 2.05) is 24.3 Å². The summed E-state index contributed by atoms with van der Waals surface area (Å²) in [5.41, 5.74) is 6.89. The van der Waals surface area contributed by atoms with Gasteiger partial charge < -0.3 is 15.7 Å². The minimum Gasteiger partial charge on any atom is -0.385 e. The molecular weight excluding hydrogens is 362 g/mol. The maximum absolute atomic E-state index is 11.5. The summed E-state index contributed by atoms with van der Waals surface area (Å²) < 4.78 is 0. The Morgan fingerprint density at radius 1 is 1.11 bits per heavy atom. The zero-order valence-electron chi connectivity index (χ0n) is 14.7. The largest absolute Gasteiger partial charge is 0.385 e. The van der Waals surface area contributed by atoms with Crippen LogP contribution in [-0.2, 0) is 5.60 Å². The topological polar surface area (TPSA) is 79.5 Å². The second-order valence-electron chi connectivity index (χ2n) is 6.98. The minimum absolute atomic E-state index is 0.449. The molecule has 1 saturated heterocycles. The van der Waals surface area contributed by atoms with Crippen LogP contribution in [0.5, 0.6) is 0 Å². The standard InChI is InChI=1S/C21H20ClN3O2/c22-17-5-3-16(4-6-17)21(27)7-9-25(10-8-21)19-13-24-12-15-2-1-14(20(23)26)11-18(15)19/h1-6,11-13,27H,7-10H2,(H2,23,26). The summed E-state index contributed by atoms with van der Waals surface area (Å²) in [6.07, 6.45) is 4.78. The van der Waals surface area contributed by atoms with E-state index in [0.717, 1.165) is 22.0 Å². The van der Waals surface area contributed by atoms with Crippen LogP contribution in [0.1, 0.15) is 28.8 Å². The third-order valence-electron chi connectivity index (χ3n) is 5.34. The number of benzene rings is 2. The van der Waals surface area contributed by atoms with Crippen LogP contribution in [0.25, 0.3) is 10.8 Å². The van der Waals surface area contributed by atoms with Crippen molar-refractivity contribution < 1.29 is 9.90 Å². The van der Waals surface area contributed by atoms with Gasteiger partial charge in [0.1, 0.15) is 0 Å². The van der Waals surface area contributed by atoms with Gasteiger partial charge in [-0.2, -0.15) is 0 Å². The predicted octanol–water partition coefficient (Wildman–Crippen LogP) is 3.48. The maximum Gasteiger partial charge on any atom is 0.248 e. The maximum atomic E-state index is 11.5. The molecule has 1 amide bonds. The first-order chi connectivity index (χ1) is 13.0. The molecule has 138 valence electrons. The van der Waals surface area contributed by atoms with Gasteiger partial charge in [0.15, 0.2) is 0 Å². The summed E-state index contributed by atoms with van der Waals surface area (Å²) in [6.45, 7) is 1.36. The lowest BCUT2D eigenvalue weighted by molar-refractivity contribution is 0.0118. The van der Waals surface area contributed by atoms with Crippen molar-refractivity contribution in [3.8, 4) is 0 Å². The molecule has 0 aliphatic carbocycles. The second-order valence-corrected chi connectivity index (χ2v) is 7.42. The van der Waals surface area contributed by atoms with Crippen molar-refractivity contribution >= 4 is 34.0 Å². The number of amides is 1. The van der Waals surface area contributed by atoms with Crippen LogP contribution in [-0.4, -0.2) is 29.1 Å². The molecular formula is C21H20ClN3O2. The molecule has 4 rings (SSSR count). The predicted molar refractivity (Wildman–Crippen MR) is 107 cm³/mol. The summed E-state index contributed by atoms with van der Waals surface area (Å²) in [5, 5.41) is 13.6. The number of piperidine rings is 1. The monoisotopic (exact) mass is 381 g/mol. The highest BCUT2D eigenvalue weighted by Gasteiger charge is 2.34. The van der Waals surface area contributed by atoms with Gasteiger partial charge in [-0.15, -0.1) is 0 Å². The highest BCUT2D eigenvalue weighted by molar-refractivity contribution is 6.30. The Hall–Kier alpha value is -2.63. The van der Waals surface area contributed by atoms with Crippen molar-refractivity contribution in [1.29, 1.82) is 0 Å². The number of primary amides is 1. The molecule has 0 radical (unpaired) electrons. The zero-order chi connectivity index (χ0) is 19.0. The number of nitrogens with zero attached hydrogens (tertiary/aromatic N) is 2. The smallest absolute Gasteiger partial charge is 0.248 e. The molecule has 0 bridgehead atoms. The van der Waals surface area contributed by atoms with Gasteiger partial charge in [-0.05, 0) is 42.7 Å². The minimum atomic E-state index is -0.864. The number of nitrogens with two attached hydrogens (primary N) is 1. The molecule has 3 N–H and O–H groups in total. The van der Waals surface area contributed by atoms with E-state index in [1.54, 1.807) is 30.6 Å². The average molecular weight is 382 g/mol. The van der Waals surface area contributed by atoms with Crippen molar-refractivity contribution in [3.05, 3.63) is 71.0 Å². The van der Waals surface area contributed by atoms with E-state index in [0.29, 0.717) is 36.5 Å². The van der Waals surface area contributed by atoms with Crippen molar-refractivity contribution in [3.63, 3.8) is 0 Å². The van der Waals surface area contributed by atoms with Gasteiger partial charge in [0.05, 0.1) is 17.5 Å². The third-order valence-corrected chi connectivity index (χ3v) is 5.59. The number of aliphatic hydroxyl groups is 1. The van der Waals surface area contributed by atoms with Gasteiger partial charge in [-0.3, -0.25) is 9.78 Å². The summed E-state index contributed by atoms with van der Waals surface area (Å²) in [4.78, 5) is 18.1. The van der Waals surface area contributed by atoms with Crippen LogP contribution in [0.3, 0.4) is 0 Å². The molecule has 1 aromatic heterocycles. The molecule has 1 aliphatic heterocycles. The van der Waals surface area contributed by atoms with Crippen molar-refractivity contribution in [2.45, 2.75) is 18.4 Å². The van der Waals surface area contributed by atoms with Crippen molar-refractivity contribution in [2.75, 3.05) is 18.0 Å². The normalized spacial score (nSPS) is 16.4. The number of aromatic nitrogens is 1. The molecule has 0 spiro atoms. The Labute approximate surface area is 162 Å². The molecule has 0 unspecified atom stereocenters. The Morgan fingerprint density at radius 3 is 2.48 bits per heavy atom. The lowest BCUT2D eigenvalue weighted by Gasteiger charge is -2.40. The first kappa shape index (κ1) is 17.8. The molecule has 2 aromatic carbocycles. The van der Waals surface area contributed by atoms with E-state index in [2.05, 4.69) is 9.88 Å². The highest BCUT2D eigenvalue weighted by Crippen LogP contribution is 2.36. The number of carbonyl (C=O) groups is 1. The van der Waals surface area contributed by atoms with Gasteiger partial charge in [0, 0.05) is 40.6 Å². The number of hydrogen-bond donors (Lipinski definition) is 2. The number of fused-ring (bicyclic) bond motifs is 1. The zero-order valence-corrected chi connectivity index (χ0v) is 15.5. The fourth-order valence-electron chi connectivity index (χ4n) is 3.72. The summed E-state index contributed by atoms with van der Waals surface area (Å²) >= 11 is 5.96. The van der Waals surface area contributed by atoms with E-state index in [1.165, 1.54) is 0 Å². The summed E-state index contributed by atoms with van der Waals surface area (Å²) in [5.74, 6) is -0.449. The first-order valence-corrected chi connectivity index (χ1v) is 9.25.